The molecule has 1 aliphatic heterocycles. The van der Waals surface area contributed by atoms with Crippen molar-refractivity contribution in [1.29, 1.82) is 0 Å². The van der Waals surface area contributed by atoms with Crippen LogP contribution in [0.5, 0.6) is 0 Å². The molecule has 6 heteroatoms. The summed E-state index contributed by atoms with van der Waals surface area (Å²) in [5.74, 6) is -1.09. The third kappa shape index (κ3) is 3.45. The lowest BCUT2D eigenvalue weighted by molar-refractivity contribution is -0.144. The number of likely N-dealkylation sites (N-methyl/N-ethyl adjacent to an activating group) is 1. The van der Waals surface area contributed by atoms with Crippen molar-refractivity contribution in [3.63, 3.8) is 0 Å². The minimum atomic E-state index is -0.931. The molecule has 102 valence electrons. The van der Waals surface area contributed by atoms with Gasteiger partial charge in [-0.3, -0.25) is 14.4 Å². The Balaban J connectivity index is 2.61. The predicted molar refractivity (Wildman–Crippen MR) is 64.9 cm³/mol. The number of carboxylic acids is 1. The number of carbonyl (C=O) groups excluding carboxylic acids is 2. The van der Waals surface area contributed by atoms with Gasteiger partial charge in [0, 0.05) is 26.6 Å². The smallest absolute Gasteiger partial charge is 0.305 e. The number of nitrogens with zero attached hydrogens (tertiary/aromatic N) is 2. The first-order valence-electron chi connectivity index (χ1n) is 6.23. The molecule has 6 nitrogen and oxygen atoms in total. The Labute approximate surface area is 107 Å². The molecular weight excluding hydrogens is 236 g/mol. The van der Waals surface area contributed by atoms with E-state index in [4.69, 9.17) is 5.11 Å². The Kier molecular flexibility index (Phi) is 5.12. The van der Waals surface area contributed by atoms with Crippen LogP contribution in [0, 0.1) is 0 Å². The van der Waals surface area contributed by atoms with Gasteiger partial charge in [-0.15, -0.1) is 0 Å². The molecule has 1 rings (SSSR count). The maximum absolute atomic E-state index is 12.2. The third-order valence-corrected chi connectivity index (χ3v) is 3.20. The Morgan fingerprint density at radius 2 is 2.17 bits per heavy atom. The zero-order chi connectivity index (χ0) is 13.7. The standard InChI is InChI=1S/C12H20N2O4/c1-3-9(14-7-4-5-10(14)15)12(18)13(2)8-6-11(16)17/h9H,3-8H2,1-2H3,(H,16,17). The van der Waals surface area contributed by atoms with E-state index in [1.807, 2.05) is 6.92 Å². The van der Waals surface area contributed by atoms with E-state index in [0.29, 0.717) is 19.4 Å². The molecule has 18 heavy (non-hydrogen) atoms. The fourth-order valence-corrected chi connectivity index (χ4v) is 2.15. The number of hydrogen-bond donors (Lipinski definition) is 1. The Bertz CT molecular complexity index is 343. The highest BCUT2D eigenvalue weighted by atomic mass is 16.4. The van der Waals surface area contributed by atoms with E-state index in [9.17, 15) is 14.4 Å². The first kappa shape index (κ1) is 14.5. The molecule has 1 unspecified atom stereocenters. The van der Waals surface area contributed by atoms with Crippen LogP contribution >= 0.6 is 0 Å². The lowest BCUT2D eigenvalue weighted by Gasteiger charge is -2.29. The normalized spacial score (nSPS) is 16.8. The molecule has 0 radical (unpaired) electrons. The maximum Gasteiger partial charge on any atom is 0.305 e. The summed E-state index contributed by atoms with van der Waals surface area (Å²) in [7, 11) is 1.58. The molecule has 1 aliphatic rings. The lowest BCUT2D eigenvalue weighted by Crippen LogP contribution is -2.48. The van der Waals surface area contributed by atoms with Gasteiger partial charge in [-0.1, -0.05) is 6.92 Å². The van der Waals surface area contributed by atoms with Crippen LogP contribution in [0.1, 0.15) is 32.6 Å². The number of aliphatic carboxylic acids is 1. The second kappa shape index (κ2) is 6.37. The average molecular weight is 256 g/mol. The van der Waals surface area contributed by atoms with Crippen LogP contribution in [-0.4, -0.2) is 58.9 Å². The maximum atomic E-state index is 12.2. The summed E-state index contributed by atoms with van der Waals surface area (Å²) >= 11 is 0. The highest BCUT2D eigenvalue weighted by Crippen LogP contribution is 2.17. The average Bonchev–Trinajstić information content (AvgIpc) is 2.73. The molecular formula is C12H20N2O4. The third-order valence-electron chi connectivity index (χ3n) is 3.20. The molecule has 0 saturated carbocycles. The molecule has 0 aliphatic carbocycles. The fourth-order valence-electron chi connectivity index (χ4n) is 2.15. The number of hydrogen-bond acceptors (Lipinski definition) is 3. The van der Waals surface area contributed by atoms with Gasteiger partial charge in [-0.05, 0) is 12.8 Å². The highest BCUT2D eigenvalue weighted by Gasteiger charge is 2.32. The molecule has 1 heterocycles. The molecule has 0 aromatic heterocycles. The van der Waals surface area contributed by atoms with E-state index in [-0.39, 0.29) is 24.8 Å². The topological polar surface area (TPSA) is 77.9 Å². The van der Waals surface area contributed by atoms with Crippen molar-refractivity contribution in [3.8, 4) is 0 Å². The minimum absolute atomic E-state index is 0.0156. The van der Waals surface area contributed by atoms with E-state index in [0.717, 1.165) is 6.42 Å². The van der Waals surface area contributed by atoms with E-state index in [1.54, 1.807) is 11.9 Å². The zero-order valence-corrected chi connectivity index (χ0v) is 10.9. The van der Waals surface area contributed by atoms with Crippen LogP contribution < -0.4 is 0 Å². The second-order valence-electron chi connectivity index (χ2n) is 4.52. The van der Waals surface area contributed by atoms with Crippen molar-refractivity contribution in [1.82, 2.24) is 9.80 Å². The quantitative estimate of drug-likeness (QED) is 0.742. The van der Waals surface area contributed by atoms with Gasteiger partial charge in [-0.25, -0.2) is 0 Å². The number of carbonyl (C=O) groups is 3. The Morgan fingerprint density at radius 1 is 1.50 bits per heavy atom. The summed E-state index contributed by atoms with van der Waals surface area (Å²) in [6, 6.07) is -0.446. The molecule has 1 saturated heterocycles. The van der Waals surface area contributed by atoms with Gasteiger partial charge in [-0.2, -0.15) is 0 Å². The molecule has 0 aromatic rings. The largest absolute Gasteiger partial charge is 0.481 e. The summed E-state index contributed by atoms with van der Waals surface area (Å²) in [6.07, 6.45) is 1.78. The van der Waals surface area contributed by atoms with Gasteiger partial charge in [0.2, 0.25) is 11.8 Å². The first-order chi connectivity index (χ1) is 8.47. The van der Waals surface area contributed by atoms with Gasteiger partial charge in [0.05, 0.1) is 6.42 Å². The SMILES string of the molecule is CCC(C(=O)N(C)CCC(=O)O)N1CCCC1=O. The minimum Gasteiger partial charge on any atom is -0.481 e. The van der Waals surface area contributed by atoms with Crippen molar-refractivity contribution in [2.24, 2.45) is 0 Å². The van der Waals surface area contributed by atoms with E-state index in [1.165, 1.54) is 4.90 Å². The van der Waals surface area contributed by atoms with Crippen molar-refractivity contribution in [3.05, 3.63) is 0 Å². The van der Waals surface area contributed by atoms with Gasteiger partial charge in [0.15, 0.2) is 0 Å². The van der Waals surface area contributed by atoms with Crippen LogP contribution in [0.3, 0.4) is 0 Å². The first-order valence-corrected chi connectivity index (χ1v) is 6.23. The summed E-state index contributed by atoms with van der Waals surface area (Å²) in [6.45, 7) is 2.65. The molecule has 2 amide bonds. The van der Waals surface area contributed by atoms with Crippen LogP contribution in [0.15, 0.2) is 0 Å². The molecule has 1 atom stereocenters. The molecule has 1 N–H and O–H groups in total. The van der Waals surface area contributed by atoms with Gasteiger partial charge >= 0.3 is 5.97 Å². The Morgan fingerprint density at radius 3 is 2.61 bits per heavy atom. The second-order valence-corrected chi connectivity index (χ2v) is 4.52. The number of amides is 2. The van der Waals surface area contributed by atoms with Crippen molar-refractivity contribution >= 4 is 17.8 Å². The van der Waals surface area contributed by atoms with Crippen LogP contribution in [0.25, 0.3) is 0 Å². The molecule has 0 spiro atoms. The lowest BCUT2D eigenvalue weighted by atomic mass is 10.1. The molecule has 0 aromatic carbocycles. The van der Waals surface area contributed by atoms with E-state index < -0.39 is 12.0 Å². The van der Waals surface area contributed by atoms with Crippen molar-refractivity contribution in [2.75, 3.05) is 20.1 Å². The van der Waals surface area contributed by atoms with Crippen LogP contribution in [0.2, 0.25) is 0 Å². The summed E-state index contributed by atoms with van der Waals surface area (Å²) < 4.78 is 0. The molecule has 1 fully saturated rings. The predicted octanol–water partition coefficient (Wildman–Crippen LogP) is 0.320. The number of rotatable bonds is 6. The van der Waals surface area contributed by atoms with Crippen LogP contribution in [0.4, 0.5) is 0 Å². The zero-order valence-electron chi connectivity index (χ0n) is 10.9. The molecule has 0 bridgehead atoms. The van der Waals surface area contributed by atoms with E-state index >= 15 is 0 Å². The van der Waals surface area contributed by atoms with Crippen molar-refractivity contribution in [2.45, 2.75) is 38.6 Å². The summed E-state index contributed by atoms with van der Waals surface area (Å²) in [4.78, 5) is 37.3. The summed E-state index contributed by atoms with van der Waals surface area (Å²) in [5, 5.41) is 8.59. The Hall–Kier alpha value is -1.59. The monoisotopic (exact) mass is 256 g/mol. The number of carboxylic acid groups (broad SMARTS) is 1. The number of likely N-dealkylation sites (tertiary alicyclic amines) is 1. The van der Waals surface area contributed by atoms with Gasteiger partial charge in [0.1, 0.15) is 6.04 Å². The highest BCUT2D eigenvalue weighted by molar-refractivity contribution is 5.88. The van der Waals surface area contributed by atoms with E-state index in [2.05, 4.69) is 0 Å². The van der Waals surface area contributed by atoms with Crippen molar-refractivity contribution < 1.29 is 19.5 Å². The van der Waals surface area contributed by atoms with Gasteiger partial charge < -0.3 is 14.9 Å². The van der Waals surface area contributed by atoms with Gasteiger partial charge in [0.25, 0.3) is 0 Å². The summed E-state index contributed by atoms with van der Waals surface area (Å²) in [5.41, 5.74) is 0. The van der Waals surface area contributed by atoms with Crippen LogP contribution in [-0.2, 0) is 14.4 Å². The fraction of sp³-hybridized carbons (Fsp3) is 0.750.